The van der Waals surface area contributed by atoms with Gasteiger partial charge in [0, 0.05) is 16.5 Å². The molecule has 0 amide bonds. The van der Waals surface area contributed by atoms with Crippen molar-refractivity contribution in [1.29, 1.82) is 0 Å². The van der Waals surface area contributed by atoms with Crippen molar-refractivity contribution in [2.24, 2.45) is 0 Å². The molecule has 0 saturated heterocycles. The van der Waals surface area contributed by atoms with Crippen LogP contribution < -0.4 is 4.74 Å². The zero-order valence-electron chi connectivity index (χ0n) is 10.6. The quantitative estimate of drug-likeness (QED) is 0.891. The zero-order chi connectivity index (χ0) is 13.5. The minimum Gasteiger partial charge on any atom is -0.481 e. The molecule has 96 valence electrons. The van der Waals surface area contributed by atoms with Crippen molar-refractivity contribution in [2.45, 2.75) is 18.8 Å². The second-order valence-corrected chi connectivity index (χ2v) is 5.00. The Morgan fingerprint density at radius 1 is 1.05 bits per heavy atom. The molecule has 0 aliphatic carbocycles. The van der Waals surface area contributed by atoms with E-state index in [0.29, 0.717) is 0 Å². The molecule has 19 heavy (non-hydrogen) atoms. The van der Waals surface area contributed by atoms with Crippen molar-refractivity contribution in [2.75, 3.05) is 0 Å². The van der Waals surface area contributed by atoms with Gasteiger partial charge in [-0.2, -0.15) is 0 Å². The van der Waals surface area contributed by atoms with Crippen LogP contribution in [-0.4, -0.2) is 11.1 Å². The maximum atomic E-state index is 11.3. The molecule has 0 saturated carbocycles. The Kier molecular flexibility index (Phi) is 2.56. The van der Waals surface area contributed by atoms with Gasteiger partial charge in [-0.05, 0) is 12.1 Å². The van der Waals surface area contributed by atoms with Crippen LogP contribution in [0.2, 0.25) is 0 Å². The average Bonchev–Trinajstić information content (AvgIpc) is 2.38. The van der Waals surface area contributed by atoms with Crippen LogP contribution in [0.1, 0.15) is 24.5 Å². The predicted octanol–water partition coefficient (Wildman–Crippen LogP) is 3.57. The van der Waals surface area contributed by atoms with Crippen molar-refractivity contribution in [3.63, 3.8) is 0 Å². The molecule has 0 fully saturated rings. The summed E-state index contributed by atoms with van der Waals surface area (Å²) in [5.74, 6) is 0.670. The lowest BCUT2D eigenvalue weighted by molar-refractivity contribution is -0.138. The molecule has 3 heteroatoms. The number of rotatable bonds is 2. The van der Waals surface area contributed by atoms with Gasteiger partial charge in [0.1, 0.15) is 11.5 Å². The van der Waals surface area contributed by atoms with Gasteiger partial charge in [-0.3, -0.25) is 4.79 Å². The molecule has 3 rings (SSSR count). The number of hydrogen-bond donors (Lipinski definition) is 1. The summed E-state index contributed by atoms with van der Waals surface area (Å²) in [5.41, 5.74) is 1.30. The summed E-state index contributed by atoms with van der Waals surface area (Å²) in [4.78, 5) is 11.3. The summed E-state index contributed by atoms with van der Waals surface area (Å²) in [6.07, 6.45) is 0.0460. The lowest BCUT2D eigenvalue weighted by Gasteiger charge is -2.36. The van der Waals surface area contributed by atoms with Gasteiger partial charge < -0.3 is 9.84 Å². The molecular weight excluding hydrogens is 240 g/mol. The molecule has 2 aromatic carbocycles. The van der Waals surface area contributed by atoms with Crippen LogP contribution in [0.15, 0.2) is 48.5 Å². The molecule has 2 aromatic rings. The lowest BCUT2D eigenvalue weighted by atomic mass is 9.72. The van der Waals surface area contributed by atoms with Crippen LogP contribution >= 0.6 is 0 Å². The van der Waals surface area contributed by atoms with E-state index >= 15 is 0 Å². The van der Waals surface area contributed by atoms with E-state index in [1.165, 1.54) is 0 Å². The highest BCUT2D eigenvalue weighted by Crippen LogP contribution is 2.49. The first kappa shape index (κ1) is 11.8. The van der Waals surface area contributed by atoms with E-state index in [0.717, 1.165) is 22.6 Å². The molecule has 1 heterocycles. The summed E-state index contributed by atoms with van der Waals surface area (Å²) in [5, 5.41) is 9.24. The second-order valence-electron chi connectivity index (χ2n) is 5.00. The van der Waals surface area contributed by atoms with Gasteiger partial charge in [0.05, 0.1) is 6.42 Å². The highest BCUT2D eigenvalue weighted by atomic mass is 16.5. The van der Waals surface area contributed by atoms with Gasteiger partial charge in [-0.15, -0.1) is 0 Å². The molecule has 1 N–H and O–H groups in total. The number of para-hydroxylation sites is 2. The molecule has 0 spiro atoms. The van der Waals surface area contributed by atoms with Crippen molar-refractivity contribution in [3.8, 4) is 11.5 Å². The van der Waals surface area contributed by atoms with E-state index < -0.39 is 11.4 Å². The van der Waals surface area contributed by atoms with Crippen LogP contribution in [0, 0.1) is 0 Å². The largest absolute Gasteiger partial charge is 0.481 e. The molecule has 0 radical (unpaired) electrons. The molecule has 1 aliphatic heterocycles. The summed E-state index contributed by atoms with van der Waals surface area (Å²) < 4.78 is 5.86. The third kappa shape index (κ3) is 1.78. The minimum absolute atomic E-state index is 0.0460. The molecule has 0 atom stereocenters. The van der Waals surface area contributed by atoms with E-state index in [1.807, 2.05) is 55.5 Å². The normalized spacial score (nSPS) is 15.0. The third-order valence-electron chi connectivity index (χ3n) is 3.69. The summed E-state index contributed by atoms with van der Waals surface area (Å²) in [7, 11) is 0. The summed E-state index contributed by atoms with van der Waals surface area (Å²) in [6.45, 7) is 1.96. The SMILES string of the molecule is CC1(CC(=O)O)c2ccccc2Oc2ccccc21. The molecule has 0 bridgehead atoms. The fourth-order valence-electron chi connectivity index (χ4n) is 2.78. The smallest absolute Gasteiger partial charge is 0.304 e. The number of carbonyl (C=O) groups is 1. The lowest BCUT2D eigenvalue weighted by Crippen LogP contribution is -2.30. The van der Waals surface area contributed by atoms with Gasteiger partial charge >= 0.3 is 5.97 Å². The third-order valence-corrected chi connectivity index (χ3v) is 3.69. The average molecular weight is 254 g/mol. The van der Waals surface area contributed by atoms with E-state index in [9.17, 15) is 9.90 Å². The van der Waals surface area contributed by atoms with Crippen molar-refractivity contribution in [3.05, 3.63) is 59.7 Å². The monoisotopic (exact) mass is 254 g/mol. The number of carboxylic acids is 1. The van der Waals surface area contributed by atoms with Crippen LogP contribution in [0.4, 0.5) is 0 Å². The molecular formula is C16H14O3. The molecule has 0 aromatic heterocycles. The first-order valence-corrected chi connectivity index (χ1v) is 6.20. The molecule has 3 nitrogen and oxygen atoms in total. The van der Waals surface area contributed by atoms with Crippen molar-refractivity contribution < 1.29 is 14.6 Å². The standard InChI is InChI=1S/C16H14O3/c1-16(10-15(17)18)11-6-2-4-8-13(11)19-14-9-5-3-7-12(14)16/h2-9H,10H2,1H3,(H,17,18). The van der Waals surface area contributed by atoms with Crippen LogP contribution in [-0.2, 0) is 10.2 Å². The van der Waals surface area contributed by atoms with Gasteiger partial charge in [-0.1, -0.05) is 43.3 Å². The Hall–Kier alpha value is -2.29. The van der Waals surface area contributed by atoms with E-state index in [1.54, 1.807) is 0 Å². The van der Waals surface area contributed by atoms with E-state index in [-0.39, 0.29) is 6.42 Å². The Morgan fingerprint density at radius 2 is 1.53 bits per heavy atom. The second kappa shape index (κ2) is 4.12. The Morgan fingerprint density at radius 3 is 2.00 bits per heavy atom. The molecule has 1 aliphatic rings. The van der Waals surface area contributed by atoms with Gasteiger partial charge in [0.2, 0.25) is 0 Å². The minimum atomic E-state index is -0.811. The number of hydrogen-bond acceptors (Lipinski definition) is 2. The van der Waals surface area contributed by atoms with Gasteiger partial charge in [0.25, 0.3) is 0 Å². The number of benzene rings is 2. The Labute approximate surface area is 111 Å². The van der Waals surface area contributed by atoms with Crippen molar-refractivity contribution in [1.82, 2.24) is 0 Å². The fraction of sp³-hybridized carbons (Fsp3) is 0.188. The maximum Gasteiger partial charge on any atom is 0.304 e. The fourth-order valence-corrected chi connectivity index (χ4v) is 2.78. The predicted molar refractivity (Wildman–Crippen MR) is 71.7 cm³/mol. The molecule has 0 unspecified atom stereocenters. The first-order valence-electron chi connectivity index (χ1n) is 6.20. The van der Waals surface area contributed by atoms with Crippen LogP contribution in [0.3, 0.4) is 0 Å². The topological polar surface area (TPSA) is 46.5 Å². The number of aliphatic carboxylic acids is 1. The highest BCUT2D eigenvalue weighted by Gasteiger charge is 2.39. The van der Waals surface area contributed by atoms with E-state index in [4.69, 9.17) is 4.74 Å². The van der Waals surface area contributed by atoms with Crippen LogP contribution in [0.25, 0.3) is 0 Å². The maximum absolute atomic E-state index is 11.3. The summed E-state index contributed by atoms with van der Waals surface area (Å²) >= 11 is 0. The highest BCUT2D eigenvalue weighted by molar-refractivity contribution is 5.72. The number of fused-ring (bicyclic) bond motifs is 2. The van der Waals surface area contributed by atoms with E-state index in [2.05, 4.69) is 0 Å². The number of ether oxygens (including phenoxy) is 1. The van der Waals surface area contributed by atoms with Gasteiger partial charge in [0.15, 0.2) is 0 Å². The Bertz CT molecular complexity index is 600. The van der Waals surface area contributed by atoms with Crippen molar-refractivity contribution >= 4 is 5.97 Å². The first-order chi connectivity index (χ1) is 9.11. The van der Waals surface area contributed by atoms with Crippen LogP contribution in [0.5, 0.6) is 11.5 Å². The van der Waals surface area contributed by atoms with Gasteiger partial charge in [-0.25, -0.2) is 0 Å². The number of carboxylic acid groups (broad SMARTS) is 1. The summed E-state index contributed by atoms with van der Waals surface area (Å²) in [6, 6.07) is 15.3. The Balaban J connectivity index is 2.25. The zero-order valence-corrected chi connectivity index (χ0v) is 10.6.